The summed E-state index contributed by atoms with van der Waals surface area (Å²) < 4.78 is 6.96. The molecule has 0 aromatic carbocycles. The summed E-state index contributed by atoms with van der Waals surface area (Å²) in [5.74, 6) is 0.566. The molecule has 0 unspecified atom stereocenters. The van der Waals surface area contributed by atoms with E-state index in [4.69, 9.17) is 16.6 Å². The van der Waals surface area contributed by atoms with Gasteiger partial charge in [0.2, 0.25) is 5.88 Å². The standard InChI is InChI=1S/C13H13N3O3S/c17-11-10(7-14-6-9-2-1-5-19-9)12(18)16(8-3-4-8)13(20)15-11/h1-2,5,7-8,18H,3-4,6H2,(H,15,17,20). The number of aliphatic imine (C=N–C) groups is 1. The number of hydrogen-bond acceptors (Lipinski definition) is 5. The van der Waals surface area contributed by atoms with Crippen LogP contribution in [0.5, 0.6) is 5.88 Å². The van der Waals surface area contributed by atoms with Crippen molar-refractivity contribution < 1.29 is 9.52 Å². The second-order valence-corrected chi connectivity index (χ2v) is 5.03. The van der Waals surface area contributed by atoms with Gasteiger partial charge in [-0.15, -0.1) is 0 Å². The molecule has 0 aliphatic heterocycles. The van der Waals surface area contributed by atoms with Crippen molar-refractivity contribution in [2.75, 3.05) is 0 Å². The van der Waals surface area contributed by atoms with Crippen molar-refractivity contribution in [2.45, 2.75) is 25.4 Å². The second kappa shape index (κ2) is 5.09. The molecule has 0 bridgehead atoms. The topological polar surface area (TPSA) is 83.5 Å². The monoisotopic (exact) mass is 291 g/mol. The van der Waals surface area contributed by atoms with E-state index < -0.39 is 5.56 Å². The highest BCUT2D eigenvalue weighted by atomic mass is 32.1. The minimum absolute atomic E-state index is 0.121. The molecule has 0 radical (unpaired) electrons. The van der Waals surface area contributed by atoms with Crippen molar-refractivity contribution in [3.8, 4) is 5.88 Å². The van der Waals surface area contributed by atoms with Gasteiger partial charge in [-0.3, -0.25) is 19.3 Å². The van der Waals surface area contributed by atoms with Crippen LogP contribution in [0.2, 0.25) is 0 Å². The Balaban J connectivity index is 1.92. The fourth-order valence-electron chi connectivity index (χ4n) is 1.97. The van der Waals surface area contributed by atoms with Crippen molar-refractivity contribution in [3.63, 3.8) is 0 Å². The van der Waals surface area contributed by atoms with Crippen molar-refractivity contribution in [1.29, 1.82) is 0 Å². The van der Waals surface area contributed by atoms with Gasteiger partial charge in [-0.1, -0.05) is 0 Å². The predicted molar refractivity (Wildman–Crippen MR) is 75.8 cm³/mol. The van der Waals surface area contributed by atoms with Crippen molar-refractivity contribution in [1.82, 2.24) is 9.55 Å². The number of H-pyrrole nitrogens is 1. The minimum Gasteiger partial charge on any atom is -0.494 e. The van der Waals surface area contributed by atoms with Crippen LogP contribution in [-0.4, -0.2) is 20.9 Å². The number of nitrogens with one attached hydrogen (secondary N) is 1. The van der Waals surface area contributed by atoms with Crippen LogP contribution in [0.1, 0.15) is 30.2 Å². The van der Waals surface area contributed by atoms with E-state index in [0.717, 1.165) is 12.8 Å². The number of aromatic hydroxyl groups is 1. The summed E-state index contributed by atoms with van der Waals surface area (Å²) >= 11 is 5.07. The molecular formula is C13H13N3O3S. The van der Waals surface area contributed by atoms with E-state index in [0.29, 0.717) is 12.3 Å². The van der Waals surface area contributed by atoms with Crippen LogP contribution in [0, 0.1) is 4.77 Å². The zero-order chi connectivity index (χ0) is 14.1. The lowest BCUT2D eigenvalue weighted by molar-refractivity contribution is 0.405. The molecule has 2 N–H and O–H groups in total. The molecule has 2 aromatic rings. The molecule has 6 nitrogen and oxygen atoms in total. The molecule has 0 atom stereocenters. The highest BCUT2D eigenvalue weighted by Crippen LogP contribution is 2.37. The van der Waals surface area contributed by atoms with Crippen molar-refractivity contribution in [2.24, 2.45) is 4.99 Å². The van der Waals surface area contributed by atoms with Gasteiger partial charge in [-0.05, 0) is 37.2 Å². The average Bonchev–Trinajstić information content (AvgIpc) is 3.09. The quantitative estimate of drug-likeness (QED) is 0.668. The van der Waals surface area contributed by atoms with Crippen LogP contribution in [0.25, 0.3) is 0 Å². The van der Waals surface area contributed by atoms with E-state index in [9.17, 15) is 9.90 Å². The zero-order valence-electron chi connectivity index (χ0n) is 10.6. The van der Waals surface area contributed by atoms with E-state index in [-0.39, 0.29) is 22.3 Å². The summed E-state index contributed by atoms with van der Waals surface area (Å²) in [6.07, 6.45) is 4.82. The summed E-state index contributed by atoms with van der Waals surface area (Å²) in [6, 6.07) is 3.73. The molecule has 0 saturated heterocycles. The molecule has 1 fully saturated rings. The third-order valence-corrected chi connectivity index (χ3v) is 3.41. The van der Waals surface area contributed by atoms with Crippen LogP contribution in [-0.2, 0) is 6.54 Å². The van der Waals surface area contributed by atoms with Gasteiger partial charge in [-0.2, -0.15) is 0 Å². The Bertz CT molecular complexity index is 754. The highest BCUT2D eigenvalue weighted by molar-refractivity contribution is 7.71. The first-order chi connectivity index (χ1) is 9.66. The Morgan fingerprint density at radius 2 is 2.40 bits per heavy atom. The van der Waals surface area contributed by atoms with E-state index in [1.165, 1.54) is 6.21 Å². The Morgan fingerprint density at radius 3 is 3.05 bits per heavy atom. The second-order valence-electron chi connectivity index (χ2n) is 4.65. The van der Waals surface area contributed by atoms with Crippen molar-refractivity contribution in [3.05, 3.63) is 44.8 Å². The fourth-order valence-corrected chi connectivity index (χ4v) is 2.30. The highest BCUT2D eigenvalue weighted by Gasteiger charge is 2.27. The molecule has 0 spiro atoms. The number of nitrogens with zero attached hydrogens (tertiary/aromatic N) is 2. The Hall–Kier alpha value is -2.15. The number of aromatic amines is 1. The number of furan rings is 1. The van der Waals surface area contributed by atoms with Crippen LogP contribution in [0.3, 0.4) is 0 Å². The molecule has 2 aromatic heterocycles. The molecule has 20 heavy (non-hydrogen) atoms. The van der Waals surface area contributed by atoms with Crippen molar-refractivity contribution >= 4 is 18.4 Å². The van der Waals surface area contributed by atoms with Gasteiger partial charge in [0.25, 0.3) is 5.56 Å². The largest absolute Gasteiger partial charge is 0.494 e. The first kappa shape index (κ1) is 12.9. The maximum Gasteiger partial charge on any atom is 0.264 e. The predicted octanol–water partition coefficient (Wildman–Crippen LogP) is 2.16. The minimum atomic E-state index is -0.437. The van der Waals surface area contributed by atoms with E-state index in [1.807, 2.05) is 0 Å². The van der Waals surface area contributed by atoms with Gasteiger partial charge < -0.3 is 9.52 Å². The van der Waals surface area contributed by atoms with Gasteiger partial charge in [0.1, 0.15) is 11.3 Å². The lowest BCUT2D eigenvalue weighted by atomic mass is 10.3. The molecule has 0 amide bonds. The average molecular weight is 291 g/mol. The van der Waals surface area contributed by atoms with Crippen LogP contribution in [0.4, 0.5) is 0 Å². The van der Waals surface area contributed by atoms with Gasteiger partial charge in [-0.25, -0.2) is 0 Å². The number of hydrogen-bond donors (Lipinski definition) is 2. The summed E-state index contributed by atoms with van der Waals surface area (Å²) in [5.41, 5.74) is -0.315. The molecule has 104 valence electrons. The molecule has 1 aliphatic rings. The van der Waals surface area contributed by atoms with Crippen LogP contribution >= 0.6 is 12.2 Å². The van der Waals surface area contributed by atoms with Gasteiger partial charge in [0, 0.05) is 12.3 Å². The lowest BCUT2D eigenvalue weighted by Crippen LogP contribution is -2.18. The van der Waals surface area contributed by atoms with Gasteiger partial charge >= 0.3 is 0 Å². The van der Waals surface area contributed by atoms with Crippen LogP contribution < -0.4 is 5.56 Å². The Morgan fingerprint density at radius 1 is 1.60 bits per heavy atom. The summed E-state index contributed by atoms with van der Waals surface area (Å²) in [6.45, 7) is 0.310. The summed E-state index contributed by atoms with van der Waals surface area (Å²) in [7, 11) is 0. The van der Waals surface area contributed by atoms with Gasteiger partial charge in [0.05, 0.1) is 12.8 Å². The first-order valence-corrected chi connectivity index (χ1v) is 6.67. The molecule has 1 saturated carbocycles. The zero-order valence-corrected chi connectivity index (χ0v) is 11.4. The Labute approximate surface area is 119 Å². The number of rotatable bonds is 4. The maximum atomic E-state index is 11.8. The summed E-state index contributed by atoms with van der Waals surface area (Å²) in [4.78, 5) is 18.5. The summed E-state index contributed by atoms with van der Waals surface area (Å²) in [5, 5.41) is 10.2. The van der Waals surface area contributed by atoms with Crippen LogP contribution in [0.15, 0.2) is 32.6 Å². The Kier molecular flexibility index (Phi) is 3.27. The third-order valence-electron chi connectivity index (χ3n) is 3.11. The third kappa shape index (κ3) is 2.44. The molecule has 3 rings (SSSR count). The van der Waals surface area contributed by atoms with E-state index >= 15 is 0 Å². The molecule has 7 heteroatoms. The SMILES string of the molecule is O=c1[nH]c(=S)n(C2CC2)c(O)c1C=NCc1ccco1. The van der Waals surface area contributed by atoms with Gasteiger partial charge in [0.15, 0.2) is 4.77 Å². The first-order valence-electron chi connectivity index (χ1n) is 6.27. The maximum absolute atomic E-state index is 11.8. The molecule has 1 aliphatic carbocycles. The lowest BCUT2D eigenvalue weighted by Gasteiger charge is -2.09. The number of aromatic nitrogens is 2. The smallest absolute Gasteiger partial charge is 0.264 e. The molecule has 2 heterocycles. The van der Waals surface area contributed by atoms with E-state index in [1.54, 1.807) is 23.0 Å². The normalized spacial score (nSPS) is 15.0. The fraction of sp³-hybridized carbons (Fsp3) is 0.308. The van der Waals surface area contributed by atoms with E-state index in [2.05, 4.69) is 9.98 Å². The molecular weight excluding hydrogens is 278 g/mol.